The first kappa shape index (κ1) is 18.3. The van der Waals surface area contributed by atoms with Crippen molar-refractivity contribution in [3.05, 3.63) is 71.1 Å². The van der Waals surface area contributed by atoms with Gasteiger partial charge in [0.05, 0.1) is 16.9 Å². The summed E-state index contributed by atoms with van der Waals surface area (Å²) in [4.78, 5) is 4.58. The Morgan fingerprint density at radius 1 is 1.13 bits per heavy atom. The van der Waals surface area contributed by atoms with Crippen LogP contribution < -0.4 is 5.32 Å². The maximum Gasteiger partial charge on any atom is 0.221 e. The van der Waals surface area contributed by atoms with Crippen LogP contribution in [0.3, 0.4) is 0 Å². The highest BCUT2D eigenvalue weighted by Crippen LogP contribution is 2.26. The number of fused-ring (bicyclic) bond motifs is 1. The van der Waals surface area contributed by atoms with Gasteiger partial charge in [0.25, 0.3) is 0 Å². The van der Waals surface area contributed by atoms with Crippen molar-refractivity contribution in [2.75, 3.05) is 5.32 Å². The maximum absolute atomic E-state index is 6.21. The largest absolute Gasteiger partial charge is 0.366 e. The molecule has 0 radical (unpaired) electrons. The van der Waals surface area contributed by atoms with Crippen molar-refractivity contribution in [1.82, 2.24) is 39.8 Å². The van der Waals surface area contributed by atoms with Crippen LogP contribution in [-0.2, 0) is 13.0 Å². The molecule has 1 aromatic carbocycles. The highest BCUT2D eigenvalue weighted by atomic mass is 35.5. The van der Waals surface area contributed by atoms with Gasteiger partial charge in [-0.1, -0.05) is 30.7 Å². The molecule has 5 aromatic rings. The van der Waals surface area contributed by atoms with Crippen LogP contribution in [0.15, 0.2) is 54.9 Å². The molecule has 0 aliphatic rings. The second-order valence-corrected chi connectivity index (χ2v) is 7.19. The van der Waals surface area contributed by atoms with Crippen LogP contribution in [0.2, 0.25) is 5.02 Å². The monoisotopic (exact) mass is 419 g/mol. The molecule has 0 spiro atoms. The van der Waals surface area contributed by atoms with Crippen LogP contribution >= 0.6 is 11.6 Å². The minimum Gasteiger partial charge on any atom is -0.366 e. The molecular weight excluding hydrogens is 402 g/mol. The van der Waals surface area contributed by atoms with Gasteiger partial charge in [-0.25, -0.2) is 4.98 Å². The molecule has 0 aliphatic carbocycles. The summed E-state index contributed by atoms with van der Waals surface area (Å²) in [6.45, 7) is 2.75. The maximum atomic E-state index is 6.21. The number of hydrogen-bond acceptors (Lipinski definition) is 6. The van der Waals surface area contributed by atoms with Crippen LogP contribution in [0, 0.1) is 0 Å². The molecule has 0 atom stereocenters. The predicted octanol–water partition coefficient (Wildman–Crippen LogP) is 3.53. The Morgan fingerprint density at radius 3 is 2.77 bits per heavy atom. The lowest BCUT2D eigenvalue weighted by Crippen LogP contribution is -2.07. The average Bonchev–Trinajstić information content (AvgIpc) is 3.52. The molecule has 0 unspecified atom stereocenters. The zero-order valence-corrected chi connectivity index (χ0v) is 16.9. The molecule has 0 fully saturated rings. The number of H-pyrrole nitrogens is 1. The summed E-state index contributed by atoms with van der Waals surface area (Å²) in [6, 6.07) is 14.0. The molecule has 5 rings (SSSR count). The summed E-state index contributed by atoms with van der Waals surface area (Å²) in [7, 11) is 0. The SMILES string of the molecule is CCc1cc(NCc2ccc(-n3cc(Cl)cc3-c3nn[nH]n3)cc2)n2nccc2n1. The third kappa shape index (κ3) is 3.39. The van der Waals surface area contributed by atoms with Crippen molar-refractivity contribution in [3.8, 4) is 17.2 Å². The molecule has 0 saturated carbocycles. The number of aryl methyl sites for hydroxylation is 1. The van der Waals surface area contributed by atoms with Gasteiger partial charge in [0, 0.05) is 36.3 Å². The smallest absolute Gasteiger partial charge is 0.221 e. The summed E-state index contributed by atoms with van der Waals surface area (Å²) in [5, 5.41) is 22.6. The Bertz CT molecular complexity index is 1290. The number of aromatic amines is 1. The second kappa shape index (κ2) is 7.60. The quantitative estimate of drug-likeness (QED) is 0.436. The Balaban J connectivity index is 1.38. The van der Waals surface area contributed by atoms with Crippen LogP contribution in [0.5, 0.6) is 0 Å². The summed E-state index contributed by atoms with van der Waals surface area (Å²) < 4.78 is 3.75. The number of benzene rings is 1. The first-order valence-electron chi connectivity index (χ1n) is 9.50. The van der Waals surface area contributed by atoms with Crippen LogP contribution in [0.4, 0.5) is 5.82 Å². The van der Waals surface area contributed by atoms with E-state index in [-0.39, 0.29) is 0 Å². The van der Waals surface area contributed by atoms with E-state index >= 15 is 0 Å². The Hall–Kier alpha value is -3.72. The van der Waals surface area contributed by atoms with E-state index in [0.29, 0.717) is 17.4 Å². The topological polar surface area (TPSA) is 102 Å². The predicted molar refractivity (Wildman–Crippen MR) is 114 cm³/mol. The summed E-state index contributed by atoms with van der Waals surface area (Å²) in [6.07, 6.45) is 4.46. The van der Waals surface area contributed by atoms with E-state index < -0.39 is 0 Å². The number of hydrogen-bond donors (Lipinski definition) is 2. The molecule has 0 aliphatic heterocycles. The van der Waals surface area contributed by atoms with Gasteiger partial charge in [0.1, 0.15) is 5.82 Å². The van der Waals surface area contributed by atoms with Gasteiger partial charge < -0.3 is 9.88 Å². The number of aromatic nitrogens is 8. The first-order chi connectivity index (χ1) is 14.7. The van der Waals surface area contributed by atoms with E-state index in [1.807, 2.05) is 45.6 Å². The lowest BCUT2D eigenvalue weighted by molar-refractivity contribution is 0.881. The molecule has 0 amide bonds. The minimum absolute atomic E-state index is 0.486. The van der Waals surface area contributed by atoms with Gasteiger partial charge in [-0.05, 0) is 35.4 Å². The third-order valence-electron chi connectivity index (χ3n) is 4.82. The van der Waals surface area contributed by atoms with Crippen LogP contribution in [0.25, 0.3) is 22.9 Å². The molecule has 4 aromatic heterocycles. The lowest BCUT2D eigenvalue weighted by Gasteiger charge is -2.11. The van der Waals surface area contributed by atoms with Crippen molar-refractivity contribution < 1.29 is 0 Å². The van der Waals surface area contributed by atoms with Gasteiger partial charge in [-0.3, -0.25) is 0 Å². The van der Waals surface area contributed by atoms with Gasteiger partial charge in [0.15, 0.2) is 5.65 Å². The molecule has 10 heteroatoms. The third-order valence-corrected chi connectivity index (χ3v) is 5.03. The van der Waals surface area contributed by atoms with E-state index in [1.54, 1.807) is 6.20 Å². The summed E-state index contributed by atoms with van der Waals surface area (Å²) in [5.41, 5.74) is 4.72. The second-order valence-electron chi connectivity index (χ2n) is 6.76. The van der Waals surface area contributed by atoms with Crippen molar-refractivity contribution in [3.63, 3.8) is 0 Å². The van der Waals surface area contributed by atoms with Gasteiger partial charge >= 0.3 is 0 Å². The minimum atomic E-state index is 0.486. The number of nitrogens with zero attached hydrogens (tertiary/aromatic N) is 7. The molecule has 4 heterocycles. The van der Waals surface area contributed by atoms with Gasteiger partial charge in [-0.2, -0.15) is 14.8 Å². The van der Waals surface area contributed by atoms with E-state index in [4.69, 9.17) is 11.6 Å². The zero-order valence-electron chi connectivity index (χ0n) is 16.1. The lowest BCUT2D eigenvalue weighted by atomic mass is 10.2. The first-order valence-corrected chi connectivity index (χ1v) is 9.87. The van der Waals surface area contributed by atoms with Gasteiger partial charge in [-0.15, -0.1) is 10.2 Å². The fourth-order valence-corrected chi connectivity index (χ4v) is 3.53. The van der Waals surface area contributed by atoms with Crippen LogP contribution in [-0.4, -0.2) is 39.8 Å². The molecule has 30 heavy (non-hydrogen) atoms. The Kier molecular flexibility index (Phi) is 4.64. The van der Waals surface area contributed by atoms with E-state index in [9.17, 15) is 0 Å². The fourth-order valence-electron chi connectivity index (χ4n) is 3.33. The Labute approximate surface area is 176 Å². The normalized spacial score (nSPS) is 11.3. The number of rotatable bonds is 6. The zero-order chi connectivity index (χ0) is 20.5. The van der Waals surface area contributed by atoms with Crippen LogP contribution in [0.1, 0.15) is 18.2 Å². The number of anilines is 1. The average molecular weight is 420 g/mol. The van der Waals surface area contributed by atoms with E-state index in [2.05, 4.69) is 55.1 Å². The standard InChI is InChI=1S/C20H18ClN9/c1-2-15-10-19(30-18(24-15)7-8-23-30)22-11-13-3-5-16(6-4-13)29-12-14(21)9-17(29)20-25-27-28-26-20/h3-10,12,22H,2,11H2,1H3,(H,25,26,27,28). The molecular formula is C20H18ClN9. The molecule has 9 nitrogen and oxygen atoms in total. The molecule has 0 saturated heterocycles. The van der Waals surface area contributed by atoms with E-state index in [1.165, 1.54) is 0 Å². The van der Waals surface area contributed by atoms with Gasteiger partial charge in [0.2, 0.25) is 5.82 Å². The summed E-state index contributed by atoms with van der Waals surface area (Å²) >= 11 is 6.21. The highest BCUT2D eigenvalue weighted by molar-refractivity contribution is 6.30. The molecule has 0 bridgehead atoms. The summed E-state index contributed by atoms with van der Waals surface area (Å²) in [5.74, 6) is 1.41. The highest BCUT2D eigenvalue weighted by Gasteiger charge is 2.13. The molecule has 2 N–H and O–H groups in total. The Morgan fingerprint density at radius 2 is 2.00 bits per heavy atom. The fraction of sp³-hybridized carbons (Fsp3) is 0.150. The van der Waals surface area contributed by atoms with Crippen molar-refractivity contribution >= 4 is 23.1 Å². The molecule has 150 valence electrons. The number of nitrogens with one attached hydrogen (secondary N) is 2. The van der Waals surface area contributed by atoms with Crippen molar-refractivity contribution in [2.24, 2.45) is 0 Å². The number of halogens is 1. The van der Waals surface area contributed by atoms with E-state index in [0.717, 1.165) is 40.5 Å². The number of tetrazole rings is 1. The van der Waals surface area contributed by atoms with Crippen molar-refractivity contribution in [1.29, 1.82) is 0 Å². The van der Waals surface area contributed by atoms with Crippen molar-refractivity contribution in [2.45, 2.75) is 19.9 Å².